The van der Waals surface area contributed by atoms with E-state index in [4.69, 9.17) is 10.5 Å². The van der Waals surface area contributed by atoms with Crippen molar-refractivity contribution in [3.8, 4) is 5.75 Å². The van der Waals surface area contributed by atoms with Crippen LogP contribution in [0.25, 0.3) is 0 Å². The van der Waals surface area contributed by atoms with Crippen molar-refractivity contribution in [1.82, 2.24) is 0 Å². The van der Waals surface area contributed by atoms with Crippen molar-refractivity contribution >= 4 is 28.3 Å². The highest BCUT2D eigenvalue weighted by Gasteiger charge is 2.25. The van der Waals surface area contributed by atoms with Crippen LogP contribution in [0.3, 0.4) is 0 Å². The molecule has 1 rings (SSSR count). The van der Waals surface area contributed by atoms with Gasteiger partial charge in [-0.3, -0.25) is 0 Å². The fraction of sp³-hybridized carbons (Fsp3) is 0.500. The van der Waals surface area contributed by atoms with Crippen molar-refractivity contribution in [3.05, 3.63) is 28.2 Å². The second kappa shape index (κ2) is 5.89. The highest BCUT2D eigenvalue weighted by Crippen LogP contribution is 2.36. The minimum atomic E-state index is -0.0371. The van der Waals surface area contributed by atoms with E-state index in [1.54, 1.807) is 7.11 Å². The molecule has 0 saturated heterocycles. The molecule has 0 aliphatic heterocycles. The summed E-state index contributed by atoms with van der Waals surface area (Å²) in [7, 11) is 1.67. The molecule has 92 valence electrons. The first-order chi connectivity index (χ1) is 6.86. The number of halogens is 2. The van der Waals surface area contributed by atoms with Crippen LogP contribution >= 0.6 is 28.3 Å². The van der Waals surface area contributed by atoms with Gasteiger partial charge in [-0.1, -0.05) is 36.7 Å². The average Bonchev–Trinajstić information content (AvgIpc) is 2.15. The second-order valence-corrected chi connectivity index (χ2v) is 5.65. The monoisotopic (exact) mass is 307 g/mol. The largest absolute Gasteiger partial charge is 0.496 e. The molecule has 0 bridgehead atoms. The van der Waals surface area contributed by atoms with Crippen molar-refractivity contribution in [2.24, 2.45) is 11.1 Å². The molecule has 1 aromatic carbocycles. The van der Waals surface area contributed by atoms with E-state index in [-0.39, 0.29) is 23.9 Å². The maximum Gasteiger partial charge on any atom is 0.123 e. The Labute approximate surface area is 112 Å². The van der Waals surface area contributed by atoms with Gasteiger partial charge < -0.3 is 10.5 Å². The average molecular weight is 309 g/mol. The Balaban J connectivity index is 0.00000225. The van der Waals surface area contributed by atoms with Crippen molar-refractivity contribution in [2.75, 3.05) is 7.11 Å². The van der Waals surface area contributed by atoms with Gasteiger partial charge in [0.1, 0.15) is 5.75 Å². The molecule has 1 aromatic rings. The lowest BCUT2D eigenvalue weighted by Gasteiger charge is -2.28. The van der Waals surface area contributed by atoms with Gasteiger partial charge in [-0.25, -0.2) is 0 Å². The summed E-state index contributed by atoms with van der Waals surface area (Å²) in [5, 5.41) is 0. The summed E-state index contributed by atoms with van der Waals surface area (Å²) in [5.74, 6) is 0.848. The highest BCUT2D eigenvalue weighted by molar-refractivity contribution is 9.10. The summed E-state index contributed by atoms with van der Waals surface area (Å²) in [6.07, 6.45) is 0. The molecule has 4 heteroatoms. The van der Waals surface area contributed by atoms with E-state index in [2.05, 4.69) is 36.7 Å². The molecule has 0 amide bonds. The van der Waals surface area contributed by atoms with Crippen molar-refractivity contribution in [1.29, 1.82) is 0 Å². The Kier molecular flexibility index (Phi) is 5.80. The molecule has 0 unspecified atom stereocenters. The fourth-order valence-electron chi connectivity index (χ4n) is 1.41. The summed E-state index contributed by atoms with van der Waals surface area (Å²) >= 11 is 3.45. The van der Waals surface area contributed by atoms with Gasteiger partial charge >= 0.3 is 0 Å². The minimum absolute atomic E-state index is 0. The lowest BCUT2D eigenvalue weighted by molar-refractivity contribution is 0.314. The zero-order valence-corrected chi connectivity index (χ0v) is 12.5. The van der Waals surface area contributed by atoms with Crippen molar-refractivity contribution < 1.29 is 4.74 Å². The maximum absolute atomic E-state index is 6.22. The van der Waals surface area contributed by atoms with Gasteiger partial charge in [0.05, 0.1) is 7.11 Å². The van der Waals surface area contributed by atoms with Gasteiger partial charge in [0.25, 0.3) is 0 Å². The van der Waals surface area contributed by atoms with Gasteiger partial charge in [-0.15, -0.1) is 12.4 Å². The zero-order chi connectivity index (χ0) is 11.6. The molecule has 1 atom stereocenters. The zero-order valence-electron chi connectivity index (χ0n) is 10.1. The lowest BCUT2D eigenvalue weighted by atomic mass is 9.83. The lowest BCUT2D eigenvalue weighted by Crippen LogP contribution is -2.26. The topological polar surface area (TPSA) is 35.2 Å². The van der Waals surface area contributed by atoms with Crippen LogP contribution in [0.4, 0.5) is 0 Å². The van der Waals surface area contributed by atoms with Gasteiger partial charge in [-0.05, 0) is 23.6 Å². The molecule has 0 heterocycles. The molecule has 0 saturated carbocycles. The van der Waals surface area contributed by atoms with Crippen LogP contribution < -0.4 is 10.5 Å². The number of benzene rings is 1. The van der Waals surface area contributed by atoms with E-state index in [0.29, 0.717) is 0 Å². The van der Waals surface area contributed by atoms with Crippen LogP contribution in [0.15, 0.2) is 22.7 Å². The summed E-state index contributed by atoms with van der Waals surface area (Å²) in [5.41, 5.74) is 7.28. The first-order valence-electron chi connectivity index (χ1n) is 4.95. The molecular formula is C12H19BrClNO. The minimum Gasteiger partial charge on any atom is -0.496 e. The van der Waals surface area contributed by atoms with Gasteiger partial charge in [0.2, 0.25) is 0 Å². The normalized spacial score (nSPS) is 12.9. The van der Waals surface area contributed by atoms with E-state index in [0.717, 1.165) is 15.8 Å². The number of hydrogen-bond acceptors (Lipinski definition) is 2. The number of hydrogen-bond donors (Lipinski definition) is 1. The third-order valence-corrected chi connectivity index (χ3v) is 2.95. The number of ether oxygens (including phenoxy) is 1. The van der Waals surface area contributed by atoms with Crippen molar-refractivity contribution in [2.45, 2.75) is 26.8 Å². The van der Waals surface area contributed by atoms with Crippen LogP contribution in [0.5, 0.6) is 5.75 Å². The quantitative estimate of drug-likeness (QED) is 0.898. The maximum atomic E-state index is 6.22. The van der Waals surface area contributed by atoms with E-state index in [1.165, 1.54) is 0 Å². The predicted octanol–water partition coefficient (Wildman–Crippen LogP) is 3.93. The van der Waals surface area contributed by atoms with Gasteiger partial charge in [0.15, 0.2) is 0 Å². The first kappa shape index (κ1) is 15.8. The van der Waals surface area contributed by atoms with Gasteiger partial charge in [0, 0.05) is 16.1 Å². The number of rotatable bonds is 2. The van der Waals surface area contributed by atoms with E-state index >= 15 is 0 Å². The summed E-state index contributed by atoms with van der Waals surface area (Å²) in [6.45, 7) is 6.37. The second-order valence-electron chi connectivity index (χ2n) is 4.73. The van der Waals surface area contributed by atoms with Crippen LogP contribution in [0.2, 0.25) is 0 Å². The Morgan fingerprint density at radius 1 is 1.31 bits per heavy atom. The molecule has 0 radical (unpaired) electrons. The number of nitrogens with two attached hydrogens (primary N) is 1. The third-order valence-electron chi connectivity index (χ3n) is 2.46. The molecule has 2 nitrogen and oxygen atoms in total. The highest BCUT2D eigenvalue weighted by atomic mass is 79.9. The molecule has 0 spiro atoms. The smallest absolute Gasteiger partial charge is 0.123 e. The Morgan fingerprint density at radius 2 is 1.88 bits per heavy atom. The Hall–Kier alpha value is -0.250. The fourth-order valence-corrected chi connectivity index (χ4v) is 1.79. The van der Waals surface area contributed by atoms with E-state index in [1.807, 2.05) is 18.2 Å². The molecule has 0 aromatic heterocycles. The van der Waals surface area contributed by atoms with E-state index < -0.39 is 0 Å². The van der Waals surface area contributed by atoms with Crippen LogP contribution in [-0.4, -0.2) is 7.11 Å². The molecule has 2 N–H and O–H groups in total. The van der Waals surface area contributed by atoms with Crippen LogP contribution in [0, 0.1) is 5.41 Å². The third kappa shape index (κ3) is 3.65. The number of methoxy groups -OCH3 is 1. The Bertz CT molecular complexity index is 349. The SMILES string of the molecule is COc1ccc(Br)cc1[C@@H](N)C(C)(C)C.Cl. The standard InChI is InChI=1S/C12H18BrNO.ClH/c1-12(2,3)11(14)9-7-8(13)5-6-10(9)15-4;/h5-7,11H,14H2,1-4H3;1H/t11-;/m1./s1. The van der Waals surface area contributed by atoms with Crippen LogP contribution in [-0.2, 0) is 0 Å². The molecule has 16 heavy (non-hydrogen) atoms. The summed E-state index contributed by atoms with van der Waals surface area (Å²) < 4.78 is 6.34. The van der Waals surface area contributed by atoms with Crippen molar-refractivity contribution in [3.63, 3.8) is 0 Å². The molecule has 0 aliphatic carbocycles. The van der Waals surface area contributed by atoms with E-state index in [9.17, 15) is 0 Å². The summed E-state index contributed by atoms with van der Waals surface area (Å²) in [4.78, 5) is 0. The first-order valence-corrected chi connectivity index (χ1v) is 5.74. The molecule has 0 fully saturated rings. The molecule has 0 aliphatic rings. The molecular weight excluding hydrogens is 289 g/mol. The van der Waals surface area contributed by atoms with Gasteiger partial charge in [-0.2, -0.15) is 0 Å². The van der Waals surface area contributed by atoms with Crippen LogP contribution in [0.1, 0.15) is 32.4 Å². The summed E-state index contributed by atoms with van der Waals surface area (Å²) in [6, 6.07) is 5.88. The Morgan fingerprint density at radius 3 is 2.31 bits per heavy atom. The predicted molar refractivity (Wildman–Crippen MR) is 74.3 cm³/mol.